The number of halogens is 1. The number of aromatic nitrogens is 2. The topological polar surface area (TPSA) is 46.9 Å². The fourth-order valence-corrected chi connectivity index (χ4v) is 2.24. The molecule has 1 atom stereocenters. The zero-order valence-corrected chi connectivity index (χ0v) is 12.7. The van der Waals surface area contributed by atoms with Crippen LogP contribution >= 0.6 is 15.9 Å². The lowest BCUT2D eigenvalue weighted by molar-refractivity contribution is -0.119. The summed E-state index contributed by atoms with van der Waals surface area (Å²) in [6.07, 6.45) is 3.45. The van der Waals surface area contributed by atoms with Crippen molar-refractivity contribution in [1.82, 2.24) is 9.78 Å². The molecule has 0 saturated carbocycles. The molecular formula is C14H16BrN3O. The summed E-state index contributed by atoms with van der Waals surface area (Å²) in [7, 11) is 0. The zero-order valence-electron chi connectivity index (χ0n) is 11.1. The molecule has 4 nitrogen and oxygen atoms in total. The number of benzene rings is 1. The van der Waals surface area contributed by atoms with Gasteiger partial charge in [0.1, 0.15) is 6.04 Å². The average Bonchev–Trinajstić information content (AvgIpc) is 2.73. The van der Waals surface area contributed by atoms with Gasteiger partial charge < -0.3 is 5.32 Å². The molecule has 100 valence electrons. The third-order valence-corrected chi connectivity index (χ3v) is 3.24. The highest BCUT2D eigenvalue weighted by molar-refractivity contribution is 9.10. The molecule has 0 fully saturated rings. The lowest BCUT2D eigenvalue weighted by atomic mass is 10.1. The quantitative estimate of drug-likeness (QED) is 0.941. The summed E-state index contributed by atoms with van der Waals surface area (Å²) in [5.41, 5.74) is 3.08. The summed E-state index contributed by atoms with van der Waals surface area (Å²) in [4.78, 5) is 12.2. The summed E-state index contributed by atoms with van der Waals surface area (Å²) in [5.74, 6) is -0.0828. The Morgan fingerprint density at radius 2 is 1.95 bits per heavy atom. The Balaban J connectivity index is 2.12. The second kappa shape index (κ2) is 5.57. The molecule has 1 heterocycles. The van der Waals surface area contributed by atoms with Crippen LogP contribution in [0.2, 0.25) is 0 Å². The average molecular weight is 322 g/mol. The van der Waals surface area contributed by atoms with Crippen molar-refractivity contribution in [3.63, 3.8) is 0 Å². The highest BCUT2D eigenvalue weighted by Gasteiger charge is 2.16. The van der Waals surface area contributed by atoms with Gasteiger partial charge in [0, 0.05) is 11.9 Å². The van der Waals surface area contributed by atoms with E-state index in [-0.39, 0.29) is 11.9 Å². The lowest BCUT2D eigenvalue weighted by Crippen LogP contribution is -2.24. The first kappa shape index (κ1) is 13.8. The maximum atomic E-state index is 12.2. The van der Waals surface area contributed by atoms with Crippen molar-refractivity contribution in [1.29, 1.82) is 0 Å². The van der Waals surface area contributed by atoms with Crippen LogP contribution in [0.3, 0.4) is 0 Å². The monoisotopic (exact) mass is 321 g/mol. The van der Waals surface area contributed by atoms with Crippen LogP contribution in [0, 0.1) is 13.8 Å². The Kier molecular flexibility index (Phi) is 4.04. The van der Waals surface area contributed by atoms with Gasteiger partial charge in [-0.05, 0) is 60.0 Å². The van der Waals surface area contributed by atoms with Crippen LogP contribution < -0.4 is 5.32 Å². The Morgan fingerprint density at radius 3 is 2.47 bits per heavy atom. The number of carbonyl (C=O) groups excluding carboxylic acids is 1. The molecule has 0 aliphatic carbocycles. The van der Waals surface area contributed by atoms with Crippen LogP contribution in [-0.4, -0.2) is 15.7 Å². The summed E-state index contributed by atoms with van der Waals surface area (Å²) >= 11 is 3.32. The number of nitrogens with one attached hydrogen (secondary N) is 1. The smallest absolute Gasteiger partial charge is 0.248 e. The first-order valence-corrected chi connectivity index (χ1v) is 6.84. The maximum Gasteiger partial charge on any atom is 0.248 e. The van der Waals surface area contributed by atoms with Gasteiger partial charge in [-0.25, -0.2) is 0 Å². The number of rotatable bonds is 3. The van der Waals surface area contributed by atoms with E-state index in [4.69, 9.17) is 0 Å². The number of nitrogens with zero attached hydrogens (tertiary/aromatic N) is 2. The number of hydrogen-bond donors (Lipinski definition) is 1. The minimum absolute atomic E-state index is 0.0828. The molecule has 1 aromatic heterocycles. The van der Waals surface area contributed by atoms with Crippen molar-refractivity contribution in [2.45, 2.75) is 26.8 Å². The predicted octanol–water partition coefficient (Wildman–Crippen LogP) is 3.46. The number of anilines is 1. The zero-order chi connectivity index (χ0) is 14.0. The molecule has 1 amide bonds. The van der Waals surface area contributed by atoms with Crippen molar-refractivity contribution in [3.8, 4) is 0 Å². The molecule has 1 aromatic carbocycles. The van der Waals surface area contributed by atoms with E-state index in [0.29, 0.717) is 0 Å². The van der Waals surface area contributed by atoms with Gasteiger partial charge in [-0.15, -0.1) is 0 Å². The fraction of sp³-hybridized carbons (Fsp3) is 0.286. The molecule has 5 heteroatoms. The van der Waals surface area contributed by atoms with E-state index in [9.17, 15) is 4.79 Å². The summed E-state index contributed by atoms with van der Waals surface area (Å²) in [6, 6.07) is 5.63. The second-order valence-corrected chi connectivity index (χ2v) is 5.60. The van der Waals surface area contributed by atoms with Gasteiger partial charge in [0.15, 0.2) is 0 Å². The van der Waals surface area contributed by atoms with Gasteiger partial charge >= 0.3 is 0 Å². The van der Waals surface area contributed by atoms with Gasteiger partial charge in [0.2, 0.25) is 5.91 Å². The SMILES string of the molecule is Cc1cc(C)cc(NC(=O)[C@@H](C)n2cc(Br)cn2)c1. The van der Waals surface area contributed by atoms with Crippen molar-refractivity contribution >= 4 is 27.5 Å². The molecule has 2 aromatic rings. The molecule has 0 bridgehead atoms. The van der Waals surface area contributed by atoms with E-state index in [1.165, 1.54) is 0 Å². The minimum Gasteiger partial charge on any atom is -0.324 e. The van der Waals surface area contributed by atoms with E-state index in [0.717, 1.165) is 21.3 Å². The van der Waals surface area contributed by atoms with E-state index < -0.39 is 0 Å². The molecule has 19 heavy (non-hydrogen) atoms. The molecule has 0 aliphatic heterocycles. The van der Waals surface area contributed by atoms with E-state index in [1.54, 1.807) is 17.1 Å². The lowest BCUT2D eigenvalue weighted by Gasteiger charge is -2.13. The van der Waals surface area contributed by atoms with Crippen LogP contribution in [0.15, 0.2) is 35.1 Å². The van der Waals surface area contributed by atoms with Gasteiger partial charge in [-0.1, -0.05) is 6.07 Å². The summed E-state index contributed by atoms with van der Waals surface area (Å²) in [5, 5.41) is 7.04. The Bertz CT molecular complexity index is 586. The van der Waals surface area contributed by atoms with Crippen LogP contribution in [0.1, 0.15) is 24.1 Å². The highest BCUT2D eigenvalue weighted by Crippen LogP contribution is 2.17. The summed E-state index contributed by atoms with van der Waals surface area (Å²) in [6.45, 7) is 5.84. The van der Waals surface area contributed by atoms with Crippen LogP contribution in [0.4, 0.5) is 5.69 Å². The third kappa shape index (κ3) is 3.44. The van der Waals surface area contributed by atoms with Gasteiger partial charge in [0.25, 0.3) is 0 Å². The van der Waals surface area contributed by atoms with Crippen molar-refractivity contribution in [2.75, 3.05) is 5.32 Å². The fourth-order valence-electron chi connectivity index (χ4n) is 1.94. The molecular weight excluding hydrogens is 306 g/mol. The Labute approximate surface area is 120 Å². The first-order chi connectivity index (χ1) is 8.95. The Hall–Kier alpha value is -1.62. The second-order valence-electron chi connectivity index (χ2n) is 4.68. The van der Waals surface area contributed by atoms with Gasteiger partial charge in [-0.3, -0.25) is 9.48 Å². The standard InChI is InChI=1S/C14H16BrN3O/c1-9-4-10(2)6-13(5-9)17-14(19)11(3)18-8-12(15)7-16-18/h4-8,11H,1-3H3,(H,17,19)/t11-/m1/s1. The van der Waals surface area contributed by atoms with Crippen LogP contribution in [0.5, 0.6) is 0 Å². The number of carbonyl (C=O) groups is 1. The maximum absolute atomic E-state index is 12.2. The number of aryl methyl sites for hydroxylation is 2. The normalized spacial score (nSPS) is 12.2. The van der Waals surface area contributed by atoms with E-state index in [1.807, 2.05) is 32.9 Å². The van der Waals surface area contributed by atoms with Crippen LogP contribution in [0.25, 0.3) is 0 Å². The highest BCUT2D eigenvalue weighted by atomic mass is 79.9. The Morgan fingerprint density at radius 1 is 1.32 bits per heavy atom. The van der Waals surface area contributed by atoms with Crippen molar-refractivity contribution < 1.29 is 4.79 Å². The van der Waals surface area contributed by atoms with Gasteiger partial charge in [0.05, 0.1) is 10.7 Å². The first-order valence-electron chi connectivity index (χ1n) is 6.04. The molecule has 0 radical (unpaired) electrons. The summed E-state index contributed by atoms with van der Waals surface area (Å²) < 4.78 is 2.49. The van der Waals surface area contributed by atoms with Crippen LogP contribution in [-0.2, 0) is 4.79 Å². The minimum atomic E-state index is -0.355. The van der Waals surface area contributed by atoms with Gasteiger partial charge in [-0.2, -0.15) is 5.10 Å². The molecule has 0 spiro atoms. The molecule has 0 saturated heterocycles. The number of hydrogen-bond acceptors (Lipinski definition) is 2. The van der Waals surface area contributed by atoms with Crippen molar-refractivity contribution in [2.24, 2.45) is 0 Å². The predicted molar refractivity (Wildman–Crippen MR) is 79.2 cm³/mol. The largest absolute Gasteiger partial charge is 0.324 e. The molecule has 2 rings (SSSR count). The number of amides is 1. The third-order valence-electron chi connectivity index (χ3n) is 2.84. The molecule has 0 aliphatic rings. The van der Waals surface area contributed by atoms with E-state index >= 15 is 0 Å². The molecule has 1 N–H and O–H groups in total. The molecule has 0 unspecified atom stereocenters. The van der Waals surface area contributed by atoms with E-state index in [2.05, 4.69) is 32.4 Å². The van der Waals surface area contributed by atoms with Crippen molar-refractivity contribution in [3.05, 3.63) is 46.2 Å².